The molecular weight excluding hydrogens is 487 g/mol. The van der Waals surface area contributed by atoms with E-state index >= 15 is 0 Å². The molecule has 0 unspecified atom stereocenters. The number of anilines is 2. The molecule has 0 spiro atoms. The van der Waals surface area contributed by atoms with Crippen molar-refractivity contribution < 1.29 is 18.7 Å². The zero-order valence-electron chi connectivity index (χ0n) is 22.1. The fraction of sp³-hybridized carbons (Fsp3) is 0.357. The molecule has 2 aromatic carbocycles. The van der Waals surface area contributed by atoms with Crippen LogP contribution in [0.15, 0.2) is 59.2 Å². The van der Waals surface area contributed by atoms with Crippen molar-refractivity contribution >= 4 is 34.7 Å². The van der Waals surface area contributed by atoms with Crippen molar-refractivity contribution in [3.63, 3.8) is 0 Å². The minimum absolute atomic E-state index is 0.0645. The minimum Gasteiger partial charge on any atom is -0.465 e. The van der Waals surface area contributed by atoms with Crippen LogP contribution < -0.4 is 16.0 Å². The summed E-state index contributed by atoms with van der Waals surface area (Å²) in [6.07, 6.45) is 1.16. The van der Waals surface area contributed by atoms with Crippen LogP contribution in [0.25, 0.3) is 0 Å². The normalized spacial score (nSPS) is 18.6. The predicted octanol–water partition coefficient (Wildman–Crippen LogP) is 3.73. The number of carbonyl (C=O) groups is 2. The molecule has 0 radical (unpaired) electrons. The summed E-state index contributed by atoms with van der Waals surface area (Å²) in [6.45, 7) is 9.33. The number of aliphatic imine (C=N–C) groups is 1. The molecule has 2 atom stereocenters. The van der Waals surface area contributed by atoms with Gasteiger partial charge in [0, 0.05) is 37.1 Å². The average molecular weight is 521 g/mol. The van der Waals surface area contributed by atoms with E-state index in [-0.39, 0.29) is 36.0 Å². The standard InChI is InChI=1S/C28H33FN6O3/c1-5-38-27(36)17-35-18(2)15-34(16-19(35)3)26-11-10-24(12-21(26)13-30)33-28(37)25(14-31)20(4)32-23-8-6-22(29)7-9-23/h6-12,14,18-19H,5,15-17,31H2,1-4H3,(H,33,37)/t18-,19+. The first kappa shape index (κ1) is 28.3. The number of hydrogen-bond acceptors (Lipinski definition) is 8. The van der Waals surface area contributed by atoms with Gasteiger partial charge in [0.15, 0.2) is 0 Å². The van der Waals surface area contributed by atoms with Gasteiger partial charge in [0.25, 0.3) is 5.91 Å². The van der Waals surface area contributed by atoms with E-state index in [0.717, 1.165) is 11.9 Å². The third kappa shape index (κ3) is 6.95. The maximum atomic E-state index is 13.2. The van der Waals surface area contributed by atoms with E-state index in [2.05, 4.69) is 26.2 Å². The first-order valence-corrected chi connectivity index (χ1v) is 12.4. The number of nitrogens with two attached hydrogens (primary N) is 1. The number of nitriles is 1. The molecule has 1 saturated heterocycles. The Kier molecular flexibility index (Phi) is 9.57. The molecule has 1 amide bonds. The number of halogens is 1. The Morgan fingerprint density at radius 2 is 1.87 bits per heavy atom. The van der Waals surface area contributed by atoms with Crippen LogP contribution in [0.2, 0.25) is 0 Å². The van der Waals surface area contributed by atoms with Crippen molar-refractivity contribution in [1.29, 1.82) is 5.26 Å². The zero-order chi connectivity index (χ0) is 27.8. The fourth-order valence-corrected chi connectivity index (χ4v) is 4.53. The average Bonchev–Trinajstić information content (AvgIpc) is 2.88. The number of piperazine rings is 1. The van der Waals surface area contributed by atoms with Crippen LogP contribution in [0.4, 0.5) is 21.5 Å². The lowest BCUT2D eigenvalue weighted by Crippen LogP contribution is -2.58. The summed E-state index contributed by atoms with van der Waals surface area (Å²) in [7, 11) is 0. The monoisotopic (exact) mass is 520 g/mol. The lowest BCUT2D eigenvalue weighted by atomic mass is 10.0. The highest BCUT2D eigenvalue weighted by Crippen LogP contribution is 2.28. The molecule has 200 valence electrons. The number of amides is 1. The van der Waals surface area contributed by atoms with Gasteiger partial charge in [0.2, 0.25) is 0 Å². The summed E-state index contributed by atoms with van der Waals surface area (Å²) >= 11 is 0. The molecule has 9 nitrogen and oxygen atoms in total. The number of hydrogen-bond donors (Lipinski definition) is 2. The van der Waals surface area contributed by atoms with Crippen LogP contribution in [-0.2, 0) is 14.3 Å². The molecule has 1 aliphatic rings. The summed E-state index contributed by atoms with van der Waals surface area (Å²) < 4.78 is 18.3. The van der Waals surface area contributed by atoms with Crippen LogP contribution in [0, 0.1) is 17.1 Å². The number of benzene rings is 2. The van der Waals surface area contributed by atoms with Gasteiger partial charge in [-0.1, -0.05) is 0 Å². The van der Waals surface area contributed by atoms with Gasteiger partial charge in [0.1, 0.15) is 11.9 Å². The molecule has 0 bridgehead atoms. The van der Waals surface area contributed by atoms with Crippen LogP contribution in [0.3, 0.4) is 0 Å². The van der Waals surface area contributed by atoms with E-state index in [0.29, 0.717) is 42.3 Å². The number of rotatable bonds is 8. The van der Waals surface area contributed by atoms with Gasteiger partial charge >= 0.3 is 5.97 Å². The van der Waals surface area contributed by atoms with Crippen molar-refractivity contribution in [3.05, 3.63) is 65.6 Å². The van der Waals surface area contributed by atoms with Crippen molar-refractivity contribution in [2.75, 3.05) is 36.5 Å². The van der Waals surface area contributed by atoms with E-state index in [4.69, 9.17) is 10.5 Å². The molecule has 0 aromatic heterocycles. The summed E-state index contributed by atoms with van der Waals surface area (Å²) in [6, 6.07) is 13.1. The Bertz CT molecular complexity index is 1260. The Morgan fingerprint density at radius 1 is 1.21 bits per heavy atom. The number of nitrogens with one attached hydrogen (secondary N) is 1. The molecule has 1 aliphatic heterocycles. The van der Waals surface area contributed by atoms with E-state index in [9.17, 15) is 19.2 Å². The molecule has 3 N–H and O–H groups in total. The highest BCUT2D eigenvalue weighted by molar-refractivity contribution is 6.25. The van der Waals surface area contributed by atoms with E-state index in [1.807, 2.05) is 13.8 Å². The Morgan fingerprint density at radius 3 is 2.45 bits per heavy atom. The largest absolute Gasteiger partial charge is 0.465 e. The Labute approximate surface area is 222 Å². The van der Waals surface area contributed by atoms with Crippen LogP contribution in [0.1, 0.15) is 33.3 Å². The third-order valence-electron chi connectivity index (χ3n) is 6.36. The molecule has 38 heavy (non-hydrogen) atoms. The number of nitrogens with zero attached hydrogens (tertiary/aromatic N) is 4. The lowest BCUT2D eigenvalue weighted by Gasteiger charge is -2.45. The maximum Gasteiger partial charge on any atom is 0.320 e. The van der Waals surface area contributed by atoms with E-state index < -0.39 is 5.91 Å². The quantitative estimate of drug-likeness (QED) is 0.309. The summed E-state index contributed by atoms with van der Waals surface area (Å²) in [4.78, 5) is 33.5. The van der Waals surface area contributed by atoms with E-state index in [1.54, 1.807) is 32.0 Å². The maximum absolute atomic E-state index is 13.2. The molecule has 1 fully saturated rings. The fourth-order valence-electron chi connectivity index (χ4n) is 4.53. The van der Waals surface area contributed by atoms with E-state index in [1.165, 1.54) is 24.3 Å². The molecule has 3 rings (SSSR count). The summed E-state index contributed by atoms with van der Waals surface area (Å²) in [5, 5.41) is 12.6. The SMILES string of the molecule is CCOC(=O)CN1[C@H](C)CN(c2ccc(NC(=O)C(=CN)C(C)=Nc3ccc(F)cc3)cc2C#N)C[C@@H]1C. The Hall–Kier alpha value is -4.23. The van der Waals surface area contributed by atoms with Crippen LogP contribution in [0.5, 0.6) is 0 Å². The van der Waals surface area contributed by atoms with Gasteiger partial charge < -0.3 is 20.7 Å². The van der Waals surface area contributed by atoms with Gasteiger partial charge in [-0.15, -0.1) is 0 Å². The highest BCUT2D eigenvalue weighted by Gasteiger charge is 2.32. The van der Waals surface area contributed by atoms with Crippen LogP contribution in [-0.4, -0.2) is 60.8 Å². The zero-order valence-corrected chi connectivity index (χ0v) is 22.1. The topological polar surface area (TPSA) is 124 Å². The van der Waals surface area contributed by atoms with Crippen molar-refractivity contribution in [2.45, 2.75) is 39.8 Å². The highest BCUT2D eigenvalue weighted by atomic mass is 19.1. The second-order valence-corrected chi connectivity index (χ2v) is 9.13. The molecule has 1 heterocycles. The first-order chi connectivity index (χ1) is 18.2. The third-order valence-corrected chi connectivity index (χ3v) is 6.36. The van der Waals surface area contributed by atoms with Crippen molar-refractivity contribution in [2.24, 2.45) is 10.7 Å². The lowest BCUT2D eigenvalue weighted by molar-refractivity contribution is -0.145. The number of esters is 1. The van der Waals surface area contributed by atoms with Crippen LogP contribution >= 0.6 is 0 Å². The molecule has 10 heteroatoms. The second kappa shape index (κ2) is 12.8. The summed E-state index contributed by atoms with van der Waals surface area (Å²) in [5.41, 5.74) is 8.31. The first-order valence-electron chi connectivity index (χ1n) is 12.4. The Balaban J connectivity index is 1.73. The molecule has 0 aliphatic carbocycles. The molecular formula is C28H33FN6O3. The second-order valence-electron chi connectivity index (χ2n) is 9.13. The van der Waals surface area contributed by atoms with Crippen molar-refractivity contribution in [1.82, 2.24) is 4.90 Å². The number of carbonyl (C=O) groups excluding carboxylic acids is 2. The van der Waals surface area contributed by atoms with Crippen molar-refractivity contribution in [3.8, 4) is 6.07 Å². The summed E-state index contributed by atoms with van der Waals surface area (Å²) in [5.74, 6) is -1.11. The van der Waals surface area contributed by atoms with Gasteiger partial charge in [-0.2, -0.15) is 5.26 Å². The molecule has 0 saturated carbocycles. The minimum atomic E-state index is -0.484. The number of ether oxygens (including phenoxy) is 1. The predicted molar refractivity (Wildman–Crippen MR) is 146 cm³/mol. The molecule has 2 aromatic rings. The van der Waals surface area contributed by atoms with Gasteiger partial charge in [-0.05, 0) is 70.2 Å². The van der Waals surface area contributed by atoms with Gasteiger partial charge in [0.05, 0.1) is 41.4 Å². The smallest absolute Gasteiger partial charge is 0.320 e. The van der Waals surface area contributed by atoms with Gasteiger partial charge in [-0.25, -0.2) is 4.39 Å². The van der Waals surface area contributed by atoms with Gasteiger partial charge in [-0.3, -0.25) is 19.5 Å².